The van der Waals surface area contributed by atoms with Crippen molar-refractivity contribution in [2.45, 2.75) is 37.8 Å². The Balaban J connectivity index is 2.09. The van der Waals surface area contributed by atoms with E-state index in [-0.39, 0.29) is 19.2 Å². The Morgan fingerprint density at radius 1 is 1.47 bits per heavy atom. The molecule has 0 saturated heterocycles. The van der Waals surface area contributed by atoms with Crippen molar-refractivity contribution in [3.63, 3.8) is 0 Å². The molecule has 0 heterocycles. The van der Waals surface area contributed by atoms with Gasteiger partial charge in [-0.2, -0.15) is 0 Å². The summed E-state index contributed by atoms with van der Waals surface area (Å²) in [4.78, 5) is 1.60. The van der Waals surface area contributed by atoms with Crippen LogP contribution in [0.5, 0.6) is 0 Å². The molecule has 1 atom stereocenters. The van der Waals surface area contributed by atoms with E-state index >= 15 is 0 Å². The van der Waals surface area contributed by atoms with Crippen molar-refractivity contribution >= 4 is 0 Å². The van der Waals surface area contributed by atoms with Gasteiger partial charge in [0.25, 0.3) is 6.43 Å². The van der Waals surface area contributed by atoms with Gasteiger partial charge < -0.3 is 15.3 Å². The lowest BCUT2D eigenvalue weighted by Crippen LogP contribution is -2.38. The molecule has 0 aromatic heterocycles. The van der Waals surface area contributed by atoms with E-state index < -0.39 is 6.43 Å². The number of nitrogens with zero attached hydrogens (tertiary/aromatic N) is 1. The highest BCUT2D eigenvalue weighted by molar-refractivity contribution is 4.84. The van der Waals surface area contributed by atoms with Crippen LogP contribution in [0.3, 0.4) is 0 Å². The van der Waals surface area contributed by atoms with Gasteiger partial charge in [0.2, 0.25) is 0 Å². The van der Waals surface area contributed by atoms with Gasteiger partial charge in [-0.1, -0.05) is 0 Å². The van der Waals surface area contributed by atoms with Gasteiger partial charge in [-0.3, -0.25) is 0 Å². The lowest BCUT2D eigenvalue weighted by atomic mass is 10.2. The average molecular weight is 222 g/mol. The molecule has 0 aromatic rings. The molecule has 15 heavy (non-hydrogen) atoms. The summed E-state index contributed by atoms with van der Waals surface area (Å²) in [5.74, 6) is 0. The molecule has 1 rings (SSSR count). The van der Waals surface area contributed by atoms with Crippen LogP contribution >= 0.6 is 0 Å². The minimum Gasteiger partial charge on any atom is -0.395 e. The predicted octanol–water partition coefficient (Wildman–Crippen LogP) is 0.686. The maximum atomic E-state index is 12.0. The standard InChI is InChI=1S/C10H20F2N2O/c1-14(6-10(11)12)5-4-9(7-15)13-8-2-3-8/h8-10,13,15H,2-7H2,1H3. The summed E-state index contributed by atoms with van der Waals surface area (Å²) in [7, 11) is 1.68. The molecular formula is C10H20F2N2O. The molecule has 1 fully saturated rings. The molecule has 1 saturated carbocycles. The van der Waals surface area contributed by atoms with Crippen LogP contribution in [0.2, 0.25) is 0 Å². The summed E-state index contributed by atoms with van der Waals surface area (Å²) in [6, 6.07) is 0.597. The predicted molar refractivity (Wildman–Crippen MR) is 55.1 cm³/mol. The summed E-state index contributed by atoms with van der Waals surface area (Å²) in [6.45, 7) is 0.482. The van der Waals surface area contributed by atoms with E-state index in [2.05, 4.69) is 5.32 Å². The number of alkyl halides is 2. The Kier molecular flexibility index (Phi) is 5.42. The van der Waals surface area contributed by atoms with Gasteiger partial charge in [-0.25, -0.2) is 8.78 Å². The maximum absolute atomic E-state index is 12.0. The van der Waals surface area contributed by atoms with E-state index in [1.165, 1.54) is 12.8 Å². The zero-order valence-electron chi connectivity index (χ0n) is 9.13. The number of hydrogen-bond acceptors (Lipinski definition) is 3. The third-order valence-electron chi connectivity index (χ3n) is 2.58. The van der Waals surface area contributed by atoms with E-state index in [1.807, 2.05) is 0 Å². The number of halogens is 2. The lowest BCUT2D eigenvalue weighted by molar-refractivity contribution is 0.0967. The lowest BCUT2D eigenvalue weighted by Gasteiger charge is -2.20. The van der Waals surface area contributed by atoms with E-state index in [4.69, 9.17) is 5.11 Å². The van der Waals surface area contributed by atoms with Crippen molar-refractivity contribution in [3.05, 3.63) is 0 Å². The normalized spacial score (nSPS) is 18.8. The van der Waals surface area contributed by atoms with E-state index in [9.17, 15) is 8.78 Å². The molecule has 1 aliphatic rings. The van der Waals surface area contributed by atoms with Gasteiger partial charge in [0.05, 0.1) is 13.2 Å². The Labute approximate surface area is 89.5 Å². The number of rotatable bonds is 8. The van der Waals surface area contributed by atoms with Crippen LogP contribution in [0.1, 0.15) is 19.3 Å². The highest BCUT2D eigenvalue weighted by Gasteiger charge is 2.24. The van der Waals surface area contributed by atoms with E-state index in [1.54, 1.807) is 11.9 Å². The van der Waals surface area contributed by atoms with E-state index in [0.717, 1.165) is 6.42 Å². The highest BCUT2D eigenvalue weighted by atomic mass is 19.3. The van der Waals surface area contributed by atoms with Gasteiger partial charge in [-0.15, -0.1) is 0 Å². The summed E-state index contributed by atoms with van der Waals surface area (Å²) in [6.07, 6.45) is 0.780. The molecule has 2 N–H and O–H groups in total. The summed E-state index contributed by atoms with van der Waals surface area (Å²) >= 11 is 0. The van der Waals surface area contributed by atoms with Crippen molar-refractivity contribution < 1.29 is 13.9 Å². The molecule has 0 spiro atoms. The molecule has 3 nitrogen and oxygen atoms in total. The number of aliphatic hydroxyl groups excluding tert-OH is 1. The zero-order chi connectivity index (χ0) is 11.3. The van der Waals surface area contributed by atoms with Crippen molar-refractivity contribution in [1.29, 1.82) is 0 Å². The highest BCUT2D eigenvalue weighted by Crippen LogP contribution is 2.19. The monoisotopic (exact) mass is 222 g/mol. The second kappa shape index (κ2) is 6.35. The number of nitrogens with one attached hydrogen (secondary N) is 1. The number of hydrogen-bond donors (Lipinski definition) is 2. The van der Waals surface area contributed by atoms with Crippen LogP contribution < -0.4 is 5.32 Å². The van der Waals surface area contributed by atoms with Gasteiger partial charge in [0.1, 0.15) is 0 Å². The third kappa shape index (κ3) is 6.02. The van der Waals surface area contributed by atoms with Crippen LogP contribution in [0.4, 0.5) is 8.78 Å². The minimum absolute atomic E-state index is 0.0534. The average Bonchev–Trinajstić information content (AvgIpc) is 2.94. The minimum atomic E-state index is -2.28. The van der Waals surface area contributed by atoms with Gasteiger partial charge >= 0.3 is 0 Å². The fraction of sp³-hybridized carbons (Fsp3) is 1.00. The molecule has 0 amide bonds. The molecule has 1 unspecified atom stereocenters. The molecule has 0 aliphatic heterocycles. The first-order chi connectivity index (χ1) is 7.11. The molecule has 0 radical (unpaired) electrons. The fourth-order valence-corrected chi connectivity index (χ4v) is 1.51. The molecule has 0 bridgehead atoms. The molecule has 90 valence electrons. The van der Waals surface area contributed by atoms with Crippen molar-refractivity contribution in [1.82, 2.24) is 10.2 Å². The zero-order valence-corrected chi connectivity index (χ0v) is 9.13. The number of aliphatic hydroxyl groups is 1. The van der Waals surface area contributed by atoms with Crippen LogP contribution in [0, 0.1) is 0 Å². The maximum Gasteiger partial charge on any atom is 0.251 e. The smallest absolute Gasteiger partial charge is 0.251 e. The Morgan fingerprint density at radius 2 is 2.13 bits per heavy atom. The Morgan fingerprint density at radius 3 is 2.60 bits per heavy atom. The summed E-state index contributed by atoms with van der Waals surface area (Å²) in [5.41, 5.74) is 0. The SMILES string of the molecule is CN(CCC(CO)NC1CC1)CC(F)F. The van der Waals surface area contributed by atoms with Crippen molar-refractivity contribution in [2.75, 3.05) is 26.7 Å². The largest absolute Gasteiger partial charge is 0.395 e. The molecule has 1 aliphatic carbocycles. The third-order valence-corrected chi connectivity index (χ3v) is 2.58. The topological polar surface area (TPSA) is 35.5 Å². The second-order valence-corrected chi connectivity index (χ2v) is 4.26. The summed E-state index contributed by atoms with van der Waals surface area (Å²) < 4.78 is 24.0. The molecular weight excluding hydrogens is 202 g/mol. The van der Waals surface area contributed by atoms with Crippen LogP contribution in [-0.4, -0.2) is 55.3 Å². The second-order valence-electron chi connectivity index (χ2n) is 4.26. The van der Waals surface area contributed by atoms with Crippen molar-refractivity contribution in [2.24, 2.45) is 0 Å². The van der Waals surface area contributed by atoms with Gasteiger partial charge in [-0.05, 0) is 32.9 Å². The quantitative estimate of drug-likeness (QED) is 0.634. The first-order valence-electron chi connectivity index (χ1n) is 5.45. The summed E-state index contributed by atoms with van der Waals surface area (Å²) in [5, 5.41) is 12.4. The van der Waals surface area contributed by atoms with Gasteiger partial charge in [0.15, 0.2) is 0 Å². The first kappa shape index (κ1) is 12.8. The molecule has 5 heteroatoms. The van der Waals surface area contributed by atoms with E-state index in [0.29, 0.717) is 12.6 Å². The Bertz CT molecular complexity index is 177. The van der Waals surface area contributed by atoms with Crippen LogP contribution in [0.15, 0.2) is 0 Å². The van der Waals surface area contributed by atoms with Crippen LogP contribution in [-0.2, 0) is 0 Å². The molecule has 0 aromatic carbocycles. The first-order valence-corrected chi connectivity index (χ1v) is 5.45. The Hall–Kier alpha value is -0.260. The van der Waals surface area contributed by atoms with Crippen LogP contribution in [0.25, 0.3) is 0 Å². The van der Waals surface area contributed by atoms with Crippen molar-refractivity contribution in [3.8, 4) is 0 Å². The van der Waals surface area contributed by atoms with Gasteiger partial charge in [0, 0.05) is 12.1 Å². The fourth-order valence-electron chi connectivity index (χ4n) is 1.51.